The van der Waals surface area contributed by atoms with Crippen molar-refractivity contribution in [3.05, 3.63) is 0 Å². The number of hydrogen-bond donors (Lipinski definition) is 1. The molecule has 0 bridgehead atoms. The summed E-state index contributed by atoms with van der Waals surface area (Å²) in [5, 5.41) is 9.43. The Morgan fingerprint density at radius 2 is 2.05 bits per heavy atom. The lowest BCUT2D eigenvalue weighted by molar-refractivity contribution is -0.152. The van der Waals surface area contributed by atoms with Gasteiger partial charge in [0.25, 0.3) is 0 Å². The standard InChI is InChI=1S/C14H26N2O3/c1-5-11(3)15(4)13(19)16-9-7-8-14(6-2,10-16)12(17)18/h11H,5-10H2,1-4H3,(H,17,18). The van der Waals surface area contributed by atoms with Crippen LogP contribution >= 0.6 is 0 Å². The molecule has 1 saturated heterocycles. The summed E-state index contributed by atoms with van der Waals surface area (Å²) in [5.74, 6) is -0.779. The van der Waals surface area contributed by atoms with Crippen molar-refractivity contribution in [2.24, 2.45) is 5.41 Å². The molecule has 5 heteroatoms. The second-order valence-corrected chi connectivity index (χ2v) is 5.61. The highest BCUT2D eigenvalue weighted by Gasteiger charge is 2.42. The lowest BCUT2D eigenvalue weighted by atomic mass is 9.78. The van der Waals surface area contributed by atoms with Gasteiger partial charge in [0, 0.05) is 26.2 Å². The molecule has 0 aromatic heterocycles. The molecule has 5 nitrogen and oxygen atoms in total. The van der Waals surface area contributed by atoms with Crippen LogP contribution in [0.25, 0.3) is 0 Å². The van der Waals surface area contributed by atoms with Crippen molar-refractivity contribution in [1.29, 1.82) is 0 Å². The fourth-order valence-corrected chi connectivity index (χ4v) is 2.59. The molecule has 2 atom stereocenters. The maximum absolute atomic E-state index is 12.4. The van der Waals surface area contributed by atoms with Crippen molar-refractivity contribution in [2.75, 3.05) is 20.1 Å². The Morgan fingerprint density at radius 3 is 2.53 bits per heavy atom. The van der Waals surface area contributed by atoms with Crippen LogP contribution < -0.4 is 0 Å². The van der Waals surface area contributed by atoms with Crippen LogP contribution in [0.15, 0.2) is 0 Å². The number of aliphatic carboxylic acids is 1. The number of carboxylic acids is 1. The summed E-state index contributed by atoms with van der Waals surface area (Å²) in [6, 6.07) is 0.128. The van der Waals surface area contributed by atoms with E-state index < -0.39 is 11.4 Å². The quantitative estimate of drug-likeness (QED) is 0.853. The SMILES string of the molecule is CCC(C)N(C)C(=O)N1CCCC(CC)(C(=O)O)C1. The van der Waals surface area contributed by atoms with E-state index in [9.17, 15) is 14.7 Å². The van der Waals surface area contributed by atoms with Gasteiger partial charge in [0.2, 0.25) is 0 Å². The lowest BCUT2D eigenvalue weighted by Gasteiger charge is -2.41. The molecule has 0 saturated carbocycles. The van der Waals surface area contributed by atoms with Crippen molar-refractivity contribution in [3.63, 3.8) is 0 Å². The maximum Gasteiger partial charge on any atom is 0.320 e. The molecule has 19 heavy (non-hydrogen) atoms. The van der Waals surface area contributed by atoms with Gasteiger partial charge in [-0.2, -0.15) is 0 Å². The Balaban J connectivity index is 2.79. The second-order valence-electron chi connectivity index (χ2n) is 5.61. The molecule has 0 aromatic carbocycles. The van der Waals surface area contributed by atoms with Crippen LogP contribution in [0.4, 0.5) is 4.79 Å². The molecule has 0 aromatic rings. The first-order chi connectivity index (χ1) is 8.88. The third-order valence-electron chi connectivity index (χ3n) is 4.53. The number of amides is 2. The molecule has 1 fully saturated rings. The van der Waals surface area contributed by atoms with Gasteiger partial charge < -0.3 is 14.9 Å². The first-order valence-electron chi connectivity index (χ1n) is 7.13. The summed E-state index contributed by atoms with van der Waals surface area (Å²) < 4.78 is 0. The number of carboxylic acid groups (broad SMARTS) is 1. The predicted octanol–water partition coefficient (Wildman–Crippen LogP) is 2.41. The largest absolute Gasteiger partial charge is 0.481 e. The maximum atomic E-state index is 12.4. The van der Waals surface area contributed by atoms with Gasteiger partial charge in [-0.05, 0) is 32.6 Å². The summed E-state index contributed by atoms with van der Waals surface area (Å²) >= 11 is 0. The molecular weight excluding hydrogens is 244 g/mol. The average Bonchev–Trinajstić information content (AvgIpc) is 2.44. The van der Waals surface area contributed by atoms with E-state index in [4.69, 9.17) is 0 Å². The zero-order valence-corrected chi connectivity index (χ0v) is 12.5. The Hall–Kier alpha value is -1.26. The van der Waals surface area contributed by atoms with Gasteiger partial charge in [0.15, 0.2) is 0 Å². The molecule has 1 aliphatic heterocycles. The van der Waals surface area contributed by atoms with E-state index in [1.807, 2.05) is 20.8 Å². The molecular formula is C14H26N2O3. The molecule has 0 spiro atoms. The highest BCUT2D eigenvalue weighted by molar-refractivity contribution is 5.78. The van der Waals surface area contributed by atoms with Gasteiger partial charge in [0.1, 0.15) is 0 Å². The first-order valence-corrected chi connectivity index (χ1v) is 7.13. The van der Waals surface area contributed by atoms with Gasteiger partial charge in [-0.25, -0.2) is 4.79 Å². The number of likely N-dealkylation sites (tertiary alicyclic amines) is 1. The summed E-state index contributed by atoms with van der Waals surface area (Å²) in [6.45, 7) is 6.93. The number of urea groups is 1. The van der Waals surface area contributed by atoms with Crippen LogP contribution in [-0.2, 0) is 4.79 Å². The zero-order valence-electron chi connectivity index (χ0n) is 12.5. The summed E-state index contributed by atoms with van der Waals surface area (Å²) in [6.07, 6.45) is 2.89. The monoisotopic (exact) mass is 270 g/mol. The van der Waals surface area contributed by atoms with Crippen molar-refractivity contribution >= 4 is 12.0 Å². The van der Waals surface area contributed by atoms with E-state index in [-0.39, 0.29) is 12.1 Å². The number of nitrogens with zero attached hydrogens (tertiary/aromatic N) is 2. The zero-order chi connectivity index (χ0) is 14.6. The van der Waals surface area contributed by atoms with Crippen LogP contribution in [0.1, 0.15) is 46.5 Å². The van der Waals surface area contributed by atoms with Gasteiger partial charge in [0.05, 0.1) is 5.41 Å². The van der Waals surface area contributed by atoms with E-state index in [2.05, 4.69) is 0 Å². The van der Waals surface area contributed by atoms with Gasteiger partial charge in [-0.1, -0.05) is 13.8 Å². The van der Waals surface area contributed by atoms with Crippen LogP contribution in [0.5, 0.6) is 0 Å². The highest BCUT2D eigenvalue weighted by Crippen LogP contribution is 2.34. The van der Waals surface area contributed by atoms with Gasteiger partial charge in [-0.15, -0.1) is 0 Å². The number of rotatable bonds is 4. The minimum absolute atomic E-state index is 0.0480. The third kappa shape index (κ3) is 3.19. The predicted molar refractivity (Wildman–Crippen MR) is 74.1 cm³/mol. The number of carbonyl (C=O) groups is 2. The van der Waals surface area contributed by atoms with Gasteiger partial charge >= 0.3 is 12.0 Å². The van der Waals surface area contributed by atoms with Crippen molar-refractivity contribution in [3.8, 4) is 0 Å². The minimum atomic E-state index is -0.779. The summed E-state index contributed by atoms with van der Waals surface area (Å²) in [4.78, 5) is 27.3. The van der Waals surface area contributed by atoms with Crippen molar-refractivity contribution < 1.29 is 14.7 Å². The highest BCUT2D eigenvalue weighted by atomic mass is 16.4. The summed E-state index contributed by atoms with van der Waals surface area (Å²) in [5.41, 5.74) is -0.760. The minimum Gasteiger partial charge on any atom is -0.481 e. The molecule has 1 heterocycles. The van der Waals surface area contributed by atoms with E-state index in [1.165, 1.54) is 0 Å². The van der Waals surface area contributed by atoms with Crippen LogP contribution in [0.2, 0.25) is 0 Å². The Kier molecular flexibility index (Phi) is 5.20. The molecule has 0 radical (unpaired) electrons. The Labute approximate surface area is 115 Å². The number of carbonyl (C=O) groups excluding carboxylic acids is 1. The number of hydrogen-bond acceptors (Lipinski definition) is 2. The van der Waals surface area contributed by atoms with E-state index >= 15 is 0 Å². The fraction of sp³-hybridized carbons (Fsp3) is 0.857. The Bertz CT molecular complexity index is 346. The molecule has 1 rings (SSSR count). The smallest absolute Gasteiger partial charge is 0.320 e. The van der Waals surface area contributed by atoms with Crippen molar-refractivity contribution in [1.82, 2.24) is 9.80 Å². The molecule has 2 amide bonds. The third-order valence-corrected chi connectivity index (χ3v) is 4.53. The fourth-order valence-electron chi connectivity index (χ4n) is 2.59. The van der Waals surface area contributed by atoms with Crippen LogP contribution in [-0.4, -0.2) is 53.1 Å². The summed E-state index contributed by atoms with van der Waals surface area (Å²) in [7, 11) is 1.79. The van der Waals surface area contributed by atoms with E-state index in [0.29, 0.717) is 25.9 Å². The number of piperidine rings is 1. The molecule has 110 valence electrons. The second kappa shape index (κ2) is 6.26. The molecule has 2 unspecified atom stereocenters. The first kappa shape index (κ1) is 15.8. The van der Waals surface area contributed by atoms with Crippen LogP contribution in [0.3, 0.4) is 0 Å². The normalized spacial score (nSPS) is 24.9. The topological polar surface area (TPSA) is 60.9 Å². The average molecular weight is 270 g/mol. The van der Waals surface area contributed by atoms with Crippen molar-refractivity contribution in [2.45, 2.75) is 52.5 Å². The lowest BCUT2D eigenvalue weighted by Crippen LogP contribution is -2.54. The molecule has 1 N–H and O–H groups in total. The Morgan fingerprint density at radius 1 is 1.42 bits per heavy atom. The van der Waals surface area contributed by atoms with Crippen LogP contribution in [0, 0.1) is 5.41 Å². The van der Waals surface area contributed by atoms with E-state index in [0.717, 1.165) is 12.8 Å². The molecule has 1 aliphatic rings. The molecule has 0 aliphatic carbocycles. The van der Waals surface area contributed by atoms with E-state index in [1.54, 1.807) is 16.8 Å². The van der Waals surface area contributed by atoms with Gasteiger partial charge in [-0.3, -0.25) is 4.79 Å².